The van der Waals surface area contributed by atoms with Crippen molar-refractivity contribution in [3.05, 3.63) is 59.7 Å². The molecule has 2 aromatic carbocycles. The van der Waals surface area contributed by atoms with Gasteiger partial charge in [0.1, 0.15) is 11.7 Å². The zero-order valence-corrected chi connectivity index (χ0v) is 14.5. The van der Waals surface area contributed by atoms with Gasteiger partial charge >= 0.3 is 6.09 Å². The van der Waals surface area contributed by atoms with Crippen LogP contribution in [-0.4, -0.2) is 29.4 Å². The Morgan fingerprint density at radius 3 is 2.62 bits per heavy atom. The number of nitrogens with one attached hydrogen (secondary N) is 1. The highest BCUT2D eigenvalue weighted by molar-refractivity contribution is 7.80. The van der Waals surface area contributed by atoms with E-state index in [0.717, 1.165) is 16.9 Å². The topological polar surface area (TPSA) is 44.8 Å². The van der Waals surface area contributed by atoms with E-state index in [2.05, 4.69) is 41.5 Å². The van der Waals surface area contributed by atoms with E-state index in [1.54, 1.807) is 11.9 Å². The van der Waals surface area contributed by atoms with Crippen LogP contribution >= 0.6 is 12.2 Å². The Kier molecular flexibility index (Phi) is 4.66. The average Bonchev–Trinajstić information content (AvgIpc) is 2.59. The Labute approximate surface area is 146 Å². The van der Waals surface area contributed by atoms with E-state index < -0.39 is 6.09 Å². The number of anilines is 2. The fourth-order valence-corrected chi connectivity index (χ4v) is 2.90. The molecule has 0 spiro atoms. The fourth-order valence-electron chi connectivity index (χ4n) is 2.62. The third kappa shape index (κ3) is 3.19. The van der Waals surface area contributed by atoms with Gasteiger partial charge in [0.25, 0.3) is 0 Å². The van der Waals surface area contributed by atoms with Crippen LogP contribution in [0.5, 0.6) is 0 Å². The van der Waals surface area contributed by atoms with E-state index in [1.807, 2.05) is 24.3 Å². The lowest BCUT2D eigenvalue weighted by molar-refractivity contribution is 0.131. The zero-order chi connectivity index (χ0) is 17.1. The first-order valence-electron chi connectivity index (χ1n) is 7.78. The van der Waals surface area contributed by atoms with Crippen LogP contribution < -0.4 is 10.3 Å². The second kappa shape index (κ2) is 6.88. The average molecular weight is 341 g/mol. The van der Waals surface area contributed by atoms with Crippen LogP contribution in [-0.2, 0) is 4.74 Å². The number of aryl methyl sites for hydroxylation is 1. The summed E-state index contributed by atoms with van der Waals surface area (Å²) in [6, 6.07) is 16.2. The number of thiocarbonyl (C=S) groups is 1. The molecule has 1 N–H and O–H groups in total. The minimum atomic E-state index is -0.511. The molecule has 24 heavy (non-hydrogen) atoms. The van der Waals surface area contributed by atoms with Gasteiger partial charge in [-0.25, -0.2) is 10.2 Å². The van der Waals surface area contributed by atoms with Crippen LogP contribution in [0.2, 0.25) is 0 Å². The summed E-state index contributed by atoms with van der Waals surface area (Å²) in [5.41, 5.74) is 6.86. The molecule has 1 aliphatic heterocycles. The zero-order valence-electron chi connectivity index (χ0n) is 13.7. The first-order chi connectivity index (χ1) is 11.6. The van der Waals surface area contributed by atoms with Crippen molar-refractivity contribution in [3.63, 3.8) is 0 Å². The molecule has 0 saturated heterocycles. The third-order valence-electron chi connectivity index (χ3n) is 3.80. The third-order valence-corrected chi connectivity index (χ3v) is 4.24. The number of hydrogen-bond acceptors (Lipinski definition) is 4. The van der Waals surface area contributed by atoms with E-state index in [9.17, 15) is 4.79 Å². The molecule has 124 valence electrons. The lowest BCUT2D eigenvalue weighted by atomic mass is 10.1. The van der Waals surface area contributed by atoms with Gasteiger partial charge in [-0.05, 0) is 38.1 Å². The highest BCUT2D eigenvalue weighted by atomic mass is 32.1. The van der Waals surface area contributed by atoms with Crippen LogP contribution in [0.4, 0.5) is 16.2 Å². The largest absolute Gasteiger partial charge is 0.449 e. The normalized spacial score (nSPS) is 13.5. The SMILES string of the molecule is CCOC(=O)NN1CN(c2ccc(C)cc2)c2ccccc2C1=S. The Morgan fingerprint density at radius 1 is 1.21 bits per heavy atom. The molecule has 1 amide bonds. The summed E-state index contributed by atoms with van der Waals surface area (Å²) in [7, 11) is 0. The molecule has 5 nitrogen and oxygen atoms in total. The van der Waals surface area contributed by atoms with Gasteiger partial charge in [-0.3, -0.25) is 5.01 Å². The van der Waals surface area contributed by atoms with Crippen molar-refractivity contribution in [2.75, 3.05) is 18.2 Å². The van der Waals surface area contributed by atoms with Crippen molar-refractivity contribution in [2.45, 2.75) is 13.8 Å². The van der Waals surface area contributed by atoms with Gasteiger partial charge in [0.05, 0.1) is 12.3 Å². The van der Waals surface area contributed by atoms with E-state index in [1.165, 1.54) is 5.56 Å². The summed E-state index contributed by atoms with van der Waals surface area (Å²) in [5, 5.41) is 1.63. The van der Waals surface area contributed by atoms with E-state index in [-0.39, 0.29) is 0 Å². The predicted molar refractivity (Wildman–Crippen MR) is 98.3 cm³/mol. The second-order valence-electron chi connectivity index (χ2n) is 5.49. The number of hydrazine groups is 1. The lowest BCUT2D eigenvalue weighted by Gasteiger charge is -2.39. The molecule has 1 heterocycles. The molecule has 3 rings (SSSR count). The molecular weight excluding hydrogens is 322 g/mol. The highest BCUT2D eigenvalue weighted by Crippen LogP contribution is 2.33. The maximum atomic E-state index is 11.8. The predicted octanol–water partition coefficient (Wildman–Crippen LogP) is 3.74. The fraction of sp³-hybridized carbons (Fsp3) is 0.222. The number of benzene rings is 2. The number of carbonyl (C=O) groups is 1. The van der Waals surface area contributed by atoms with E-state index >= 15 is 0 Å². The Bertz CT molecular complexity index is 761. The van der Waals surface area contributed by atoms with Crippen molar-refractivity contribution in [2.24, 2.45) is 0 Å². The number of nitrogens with zero attached hydrogens (tertiary/aromatic N) is 2. The summed E-state index contributed by atoms with van der Waals surface area (Å²) in [6.07, 6.45) is -0.511. The minimum Gasteiger partial charge on any atom is -0.449 e. The monoisotopic (exact) mass is 341 g/mol. The molecular formula is C18H19N3O2S. The smallest absolute Gasteiger partial charge is 0.426 e. The number of amides is 1. The molecule has 0 radical (unpaired) electrons. The number of carbonyl (C=O) groups excluding carboxylic acids is 1. The van der Waals surface area contributed by atoms with Crippen LogP contribution in [0.25, 0.3) is 0 Å². The molecule has 0 aromatic heterocycles. The minimum absolute atomic E-state index is 0.310. The molecule has 1 aliphatic rings. The summed E-state index contributed by atoms with van der Waals surface area (Å²) in [4.78, 5) is 14.5. The van der Waals surface area contributed by atoms with Gasteiger partial charge in [-0.15, -0.1) is 0 Å². The van der Waals surface area contributed by atoms with Crippen molar-refractivity contribution in [1.29, 1.82) is 0 Å². The summed E-state index contributed by atoms with van der Waals surface area (Å²) in [6.45, 7) is 4.54. The standard InChI is InChI=1S/C18H19N3O2S/c1-3-23-18(22)19-21-12-20(14-10-8-13(2)9-11-14)16-7-5-4-6-15(16)17(21)24/h4-11H,3,12H2,1-2H3,(H,19,22). The number of hydrogen-bond donors (Lipinski definition) is 1. The van der Waals surface area contributed by atoms with Crippen LogP contribution in [0.1, 0.15) is 18.1 Å². The molecule has 0 fully saturated rings. The van der Waals surface area contributed by atoms with Crippen molar-refractivity contribution >= 4 is 34.7 Å². The molecule has 0 unspecified atom stereocenters. The molecule has 0 saturated carbocycles. The van der Waals surface area contributed by atoms with E-state index in [4.69, 9.17) is 17.0 Å². The lowest BCUT2D eigenvalue weighted by Crippen LogP contribution is -2.53. The van der Waals surface area contributed by atoms with Crippen LogP contribution in [0.3, 0.4) is 0 Å². The Hall–Kier alpha value is -2.60. The maximum absolute atomic E-state index is 11.8. The Morgan fingerprint density at radius 2 is 1.92 bits per heavy atom. The van der Waals surface area contributed by atoms with Gasteiger partial charge in [0, 0.05) is 11.3 Å². The molecule has 2 aromatic rings. The maximum Gasteiger partial charge on any atom is 0.426 e. The second-order valence-corrected chi connectivity index (χ2v) is 5.87. The van der Waals surface area contributed by atoms with Crippen LogP contribution in [0.15, 0.2) is 48.5 Å². The first kappa shape index (κ1) is 16.3. The first-order valence-corrected chi connectivity index (χ1v) is 8.19. The Balaban J connectivity index is 1.96. The van der Waals surface area contributed by atoms with E-state index in [0.29, 0.717) is 18.3 Å². The number of ether oxygens (including phenoxy) is 1. The van der Waals surface area contributed by atoms with Gasteiger partial charge in [0.15, 0.2) is 0 Å². The number of para-hydroxylation sites is 1. The summed E-state index contributed by atoms with van der Waals surface area (Å²) >= 11 is 5.54. The van der Waals surface area contributed by atoms with Gasteiger partial charge < -0.3 is 9.64 Å². The summed E-state index contributed by atoms with van der Waals surface area (Å²) in [5.74, 6) is 0. The summed E-state index contributed by atoms with van der Waals surface area (Å²) < 4.78 is 4.97. The van der Waals surface area contributed by atoms with Crippen molar-refractivity contribution in [3.8, 4) is 0 Å². The molecule has 6 heteroatoms. The highest BCUT2D eigenvalue weighted by Gasteiger charge is 2.28. The quantitative estimate of drug-likeness (QED) is 0.862. The van der Waals surface area contributed by atoms with Crippen molar-refractivity contribution < 1.29 is 9.53 Å². The van der Waals surface area contributed by atoms with Crippen molar-refractivity contribution in [1.82, 2.24) is 10.4 Å². The molecule has 0 bridgehead atoms. The van der Waals surface area contributed by atoms with Gasteiger partial charge in [-0.1, -0.05) is 42.0 Å². The number of rotatable bonds is 3. The van der Waals surface area contributed by atoms with Crippen LogP contribution in [0, 0.1) is 6.92 Å². The van der Waals surface area contributed by atoms with Gasteiger partial charge in [0.2, 0.25) is 0 Å². The number of fused-ring (bicyclic) bond motifs is 1. The molecule has 0 atom stereocenters. The van der Waals surface area contributed by atoms with Gasteiger partial charge in [-0.2, -0.15) is 0 Å². The molecule has 0 aliphatic carbocycles.